The van der Waals surface area contributed by atoms with Gasteiger partial charge in [0, 0.05) is 13.0 Å². The highest BCUT2D eigenvalue weighted by molar-refractivity contribution is 6.34. The van der Waals surface area contributed by atoms with Crippen LogP contribution in [0.25, 0.3) is 0 Å². The maximum Gasteiger partial charge on any atom is 0.410 e. The first-order chi connectivity index (χ1) is 14.2. The van der Waals surface area contributed by atoms with E-state index in [2.05, 4.69) is 0 Å². The van der Waals surface area contributed by atoms with Gasteiger partial charge in [-0.15, -0.1) is 0 Å². The molecule has 2 heterocycles. The summed E-state index contributed by atoms with van der Waals surface area (Å²) < 4.78 is 11.6. The van der Waals surface area contributed by atoms with Crippen LogP contribution >= 0.6 is 0 Å². The highest BCUT2D eigenvalue weighted by atomic mass is 16.6. The number of hydrogen-bond acceptors (Lipinski definition) is 5. The number of nitrogens with zero attached hydrogens (tertiary/aromatic N) is 2. The van der Waals surface area contributed by atoms with E-state index in [1.165, 1.54) is 0 Å². The van der Waals surface area contributed by atoms with Crippen LogP contribution in [-0.2, 0) is 4.74 Å². The maximum atomic E-state index is 12.9. The molecule has 7 nitrogen and oxygen atoms in total. The third-order valence-corrected chi connectivity index (χ3v) is 4.99. The van der Waals surface area contributed by atoms with Crippen molar-refractivity contribution >= 4 is 23.6 Å². The van der Waals surface area contributed by atoms with Crippen LogP contribution in [-0.4, -0.2) is 47.6 Å². The van der Waals surface area contributed by atoms with Gasteiger partial charge in [-0.3, -0.25) is 9.59 Å². The van der Waals surface area contributed by atoms with Crippen LogP contribution in [0.1, 0.15) is 47.9 Å². The lowest BCUT2D eigenvalue weighted by Crippen LogP contribution is -2.36. The smallest absolute Gasteiger partial charge is 0.410 e. The van der Waals surface area contributed by atoms with Crippen LogP contribution in [0.15, 0.2) is 48.5 Å². The van der Waals surface area contributed by atoms with Crippen molar-refractivity contribution in [3.05, 3.63) is 59.7 Å². The number of ether oxygens (including phenoxy) is 2. The molecule has 156 valence electrons. The molecule has 0 radical (unpaired) electrons. The zero-order chi connectivity index (χ0) is 21.5. The second-order valence-electron chi connectivity index (χ2n) is 8.41. The summed E-state index contributed by atoms with van der Waals surface area (Å²) in [6.07, 6.45) is 0.00599. The predicted molar refractivity (Wildman–Crippen MR) is 111 cm³/mol. The number of anilines is 1. The number of carbonyl (C=O) groups excluding carboxylic acids is 3. The summed E-state index contributed by atoms with van der Waals surface area (Å²) in [6.45, 7) is 6.38. The van der Waals surface area contributed by atoms with E-state index >= 15 is 0 Å². The van der Waals surface area contributed by atoms with Crippen LogP contribution in [0.4, 0.5) is 10.5 Å². The highest BCUT2D eigenvalue weighted by Crippen LogP contribution is 2.36. The Morgan fingerprint density at radius 1 is 0.967 bits per heavy atom. The second-order valence-corrected chi connectivity index (χ2v) is 8.41. The maximum absolute atomic E-state index is 12.9. The number of hydrogen-bond donors (Lipinski definition) is 0. The SMILES string of the molecule is CC(C)(C)OC(=O)N1CCC(Oc2ccccc2N2C(=O)c3ccccc3C2=O)C1. The van der Waals surface area contributed by atoms with E-state index in [1.807, 2.05) is 20.8 Å². The molecule has 1 saturated heterocycles. The number of fused-ring (bicyclic) bond motifs is 1. The predicted octanol–water partition coefficient (Wildman–Crippen LogP) is 3.88. The lowest BCUT2D eigenvalue weighted by atomic mass is 10.1. The van der Waals surface area contributed by atoms with E-state index < -0.39 is 5.60 Å². The first-order valence-electron chi connectivity index (χ1n) is 9.96. The van der Waals surface area contributed by atoms with Gasteiger partial charge in [0.15, 0.2) is 0 Å². The minimum Gasteiger partial charge on any atom is -0.486 e. The second kappa shape index (κ2) is 7.48. The van der Waals surface area contributed by atoms with Crippen molar-refractivity contribution in [1.82, 2.24) is 4.90 Å². The van der Waals surface area contributed by atoms with E-state index in [1.54, 1.807) is 53.4 Å². The molecule has 30 heavy (non-hydrogen) atoms. The van der Waals surface area contributed by atoms with Gasteiger partial charge < -0.3 is 14.4 Å². The van der Waals surface area contributed by atoms with E-state index in [-0.39, 0.29) is 24.0 Å². The van der Waals surface area contributed by atoms with Gasteiger partial charge in [-0.05, 0) is 45.0 Å². The molecule has 0 saturated carbocycles. The van der Waals surface area contributed by atoms with Gasteiger partial charge in [0.1, 0.15) is 17.5 Å². The molecule has 0 spiro atoms. The fourth-order valence-corrected chi connectivity index (χ4v) is 3.65. The summed E-state index contributed by atoms with van der Waals surface area (Å²) in [4.78, 5) is 40.8. The quantitative estimate of drug-likeness (QED) is 0.721. The van der Waals surface area contributed by atoms with E-state index in [4.69, 9.17) is 9.47 Å². The Balaban J connectivity index is 1.51. The third-order valence-electron chi connectivity index (χ3n) is 4.99. The van der Waals surface area contributed by atoms with E-state index in [9.17, 15) is 14.4 Å². The van der Waals surface area contributed by atoms with Gasteiger partial charge in [0.2, 0.25) is 0 Å². The number of benzene rings is 2. The Hall–Kier alpha value is -3.35. The van der Waals surface area contributed by atoms with Gasteiger partial charge in [-0.1, -0.05) is 24.3 Å². The first-order valence-corrected chi connectivity index (χ1v) is 9.96. The molecular formula is C23H24N2O5. The summed E-state index contributed by atoms with van der Waals surface area (Å²) >= 11 is 0. The zero-order valence-corrected chi connectivity index (χ0v) is 17.3. The molecule has 1 fully saturated rings. The van der Waals surface area contributed by atoms with Crippen molar-refractivity contribution < 1.29 is 23.9 Å². The molecule has 2 aromatic carbocycles. The molecule has 2 aliphatic rings. The molecule has 1 atom stereocenters. The number of amides is 3. The summed E-state index contributed by atoms with van der Waals surface area (Å²) in [6, 6.07) is 13.7. The van der Waals surface area contributed by atoms with Crippen LogP contribution in [0.5, 0.6) is 5.75 Å². The van der Waals surface area contributed by atoms with Gasteiger partial charge in [0.25, 0.3) is 11.8 Å². The number of rotatable bonds is 3. The van der Waals surface area contributed by atoms with Crippen LogP contribution in [0, 0.1) is 0 Å². The van der Waals surface area contributed by atoms with Crippen molar-refractivity contribution in [3.63, 3.8) is 0 Å². The Kier molecular flexibility index (Phi) is 4.97. The van der Waals surface area contributed by atoms with Gasteiger partial charge in [-0.2, -0.15) is 0 Å². The summed E-state index contributed by atoms with van der Waals surface area (Å²) in [5, 5.41) is 0. The molecule has 2 aromatic rings. The van der Waals surface area contributed by atoms with E-state index in [0.29, 0.717) is 42.1 Å². The van der Waals surface area contributed by atoms with Crippen molar-refractivity contribution in [2.24, 2.45) is 0 Å². The standard InChI is InChI=1S/C23H24N2O5/c1-23(2,3)30-22(28)24-13-12-15(14-24)29-19-11-7-6-10-18(19)25-20(26)16-8-4-5-9-17(16)21(25)27/h4-11,15H,12-14H2,1-3H3. The van der Waals surface area contributed by atoms with Crippen molar-refractivity contribution in [1.29, 1.82) is 0 Å². The summed E-state index contributed by atoms with van der Waals surface area (Å²) in [5.74, 6) is -0.301. The van der Waals surface area contributed by atoms with Gasteiger partial charge >= 0.3 is 6.09 Å². The summed E-state index contributed by atoms with van der Waals surface area (Å²) in [7, 11) is 0. The highest BCUT2D eigenvalue weighted by Gasteiger charge is 2.38. The minimum atomic E-state index is -0.561. The zero-order valence-electron chi connectivity index (χ0n) is 17.3. The molecule has 3 amide bonds. The average molecular weight is 408 g/mol. The van der Waals surface area contributed by atoms with Crippen LogP contribution in [0.3, 0.4) is 0 Å². The lowest BCUT2D eigenvalue weighted by Gasteiger charge is -2.24. The van der Waals surface area contributed by atoms with Crippen LogP contribution in [0.2, 0.25) is 0 Å². The lowest BCUT2D eigenvalue weighted by molar-refractivity contribution is 0.0276. The van der Waals surface area contributed by atoms with Crippen molar-refractivity contribution in [2.75, 3.05) is 18.0 Å². The number of imide groups is 1. The largest absolute Gasteiger partial charge is 0.486 e. The molecular weight excluding hydrogens is 384 g/mol. The van der Waals surface area contributed by atoms with E-state index in [0.717, 1.165) is 4.90 Å². The Labute approximate surface area is 175 Å². The van der Waals surface area contributed by atoms with Crippen molar-refractivity contribution in [3.8, 4) is 5.75 Å². The number of carbonyl (C=O) groups is 3. The van der Waals surface area contributed by atoms with Crippen LogP contribution < -0.4 is 9.64 Å². The molecule has 1 unspecified atom stereocenters. The third kappa shape index (κ3) is 3.75. The Morgan fingerprint density at radius 2 is 1.57 bits per heavy atom. The molecule has 7 heteroatoms. The fraction of sp³-hybridized carbons (Fsp3) is 0.348. The summed E-state index contributed by atoms with van der Waals surface area (Å²) in [5.41, 5.74) is 0.608. The Bertz CT molecular complexity index is 976. The normalized spacial score (nSPS) is 18.6. The number of likely N-dealkylation sites (tertiary alicyclic amines) is 1. The molecule has 0 aliphatic carbocycles. The van der Waals surface area contributed by atoms with Crippen molar-refractivity contribution in [2.45, 2.75) is 38.9 Å². The monoisotopic (exact) mass is 408 g/mol. The molecule has 4 rings (SSSR count). The molecule has 0 N–H and O–H groups in total. The van der Waals surface area contributed by atoms with Gasteiger partial charge in [0.05, 0.1) is 23.4 Å². The molecule has 0 bridgehead atoms. The number of para-hydroxylation sites is 2. The molecule has 0 aromatic heterocycles. The first kappa shape index (κ1) is 19.9. The minimum absolute atomic E-state index is 0.256. The Morgan fingerprint density at radius 3 is 2.20 bits per heavy atom. The average Bonchev–Trinajstić information content (AvgIpc) is 3.25. The fourth-order valence-electron chi connectivity index (χ4n) is 3.65. The van der Waals surface area contributed by atoms with Gasteiger partial charge in [-0.25, -0.2) is 9.69 Å². The topological polar surface area (TPSA) is 76.2 Å². The molecule has 2 aliphatic heterocycles.